The van der Waals surface area contributed by atoms with Gasteiger partial charge in [-0.05, 0) is 29.3 Å². The lowest BCUT2D eigenvalue weighted by Gasteiger charge is -2.14. The van der Waals surface area contributed by atoms with Gasteiger partial charge in [0.05, 0.1) is 19.3 Å². The third-order valence-corrected chi connectivity index (χ3v) is 4.71. The molecule has 0 aliphatic carbocycles. The van der Waals surface area contributed by atoms with Gasteiger partial charge in [-0.15, -0.1) is 0 Å². The van der Waals surface area contributed by atoms with E-state index in [4.69, 9.17) is 4.74 Å². The fourth-order valence-electron chi connectivity index (χ4n) is 3.30. The first kappa shape index (κ1) is 17.4. The maximum atomic E-state index is 13.4. The number of hydrogen-bond donors (Lipinski definition) is 2. The normalized spacial score (nSPS) is 14.6. The molecular weight excluding hydrogens is 349 g/mol. The molecule has 8 heteroatoms. The van der Waals surface area contributed by atoms with Gasteiger partial charge in [0.25, 0.3) is 0 Å². The molecule has 1 aliphatic rings. The number of nitrogens with zero attached hydrogens (tertiary/aromatic N) is 3. The number of methoxy groups -OCH3 is 1. The highest BCUT2D eigenvalue weighted by molar-refractivity contribution is 5.46. The molecule has 140 valence electrons. The minimum absolute atomic E-state index is 0.207. The van der Waals surface area contributed by atoms with Crippen LogP contribution in [0.15, 0.2) is 53.6 Å². The van der Waals surface area contributed by atoms with Gasteiger partial charge in [0.2, 0.25) is 0 Å². The SMILES string of the molecule is COc1cc(-n2cnn(Cc3cccc(F)c3)c2=O)ccc1C1CNNC1. The maximum Gasteiger partial charge on any atom is 0.350 e. The zero-order chi connectivity index (χ0) is 18.8. The van der Waals surface area contributed by atoms with Gasteiger partial charge in [-0.3, -0.25) is 10.9 Å². The van der Waals surface area contributed by atoms with E-state index in [1.165, 1.54) is 27.7 Å². The Morgan fingerprint density at radius 1 is 1.22 bits per heavy atom. The molecule has 1 aromatic heterocycles. The largest absolute Gasteiger partial charge is 0.496 e. The minimum Gasteiger partial charge on any atom is -0.496 e. The molecule has 3 aromatic rings. The molecule has 0 unspecified atom stereocenters. The van der Waals surface area contributed by atoms with Crippen molar-refractivity contribution in [3.8, 4) is 11.4 Å². The summed E-state index contributed by atoms with van der Waals surface area (Å²) in [5.41, 5.74) is 8.35. The first-order chi connectivity index (χ1) is 13.2. The van der Waals surface area contributed by atoms with E-state index in [0.717, 1.165) is 24.4 Å². The van der Waals surface area contributed by atoms with Crippen molar-refractivity contribution in [2.75, 3.05) is 20.2 Å². The van der Waals surface area contributed by atoms with Crippen molar-refractivity contribution in [2.24, 2.45) is 0 Å². The van der Waals surface area contributed by atoms with E-state index >= 15 is 0 Å². The van der Waals surface area contributed by atoms with Crippen LogP contribution in [0.2, 0.25) is 0 Å². The monoisotopic (exact) mass is 369 g/mol. The maximum absolute atomic E-state index is 13.4. The topological polar surface area (TPSA) is 73.1 Å². The fraction of sp³-hybridized carbons (Fsp3) is 0.263. The molecule has 0 radical (unpaired) electrons. The number of halogens is 1. The molecular formula is C19H20FN5O2. The standard InChI is InChI=1S/C19H20FN5O2/c1-27-18-8-16(5-6-17(18)14-9-21-22-10-14)24-12-23-25(19(24)26)11-13-3-2-4-15(20)7-13/h2-8,12,14,21-22H,9-11H2,1H3. The van der Waals surface area contributed by atoms with Gasteiger partial charge < -0.3 is 4.74 Å². The van der Waals surface area contributed by atoms with Crippen molar-refractivity contribution in [3.05, 3.63) is 76.2 Å². The van der Waals surface area contributed by atoms with E-state index in [-0.39, 0.29) is 18.1 Å². The van der Waals surface area contributed by atoms with Crippen molar-refractivity contribution >= 4 is 0 Å². The molecule has 4 rings (SSSR count). The summed E-state index contributed by atoms with van der Waals surface area (Å²) < 4.78 is 21.7. The summed E-state index contributed by atoms with van der Waals surface area (Å²) in [4.78, 5) is 12.7. The second-order valence-electron chi connectivity index (χ2n) is 6.46. The van der Waals surface area contributed by atoms with E-state index in [9.17, 15) is 9.18 Å². The van der Waals surface area contributed by atoms with Crippen LogP contribution in [0.5, 0.6) is 5.75 Å². The molecule has 7 nitrogen and oxygen atoms in total. The zero-order valence-electron chi connectivity index (χ0n) is 14.9. The Morgan fingerprint density at radius 3 is 2.78 bits per heavy atom. The average Bonchev–Trinajstić information content (AvgIpc) is 3.32. The molecule has 0 bridgehead atoms. The molecule has 27 heavy (non-hydrogen) atoms. The second kappa shape index (κ2) is 7.34. The first-order valence-corrected chi connectivity index (χ1v) is 8.68. The van der Waals surface area contributed by atoms with Crippen molar-refractivity contribution in [1.82, 2.24) is 25.2 Å². The Hall–Kier alpha value is -2.97. The van der Waals surface area contributed by atoms with Crippen LogP contribution in [0.1, 0.15) is 17.0 Å². The van der Waals surface area contributed by atoms with Gasteiger partial charge in [0.1, 0.15) is 17.9 Å². The Bertz CT molecular complexity index is 1010. The molecule has 0 saturated carbocycles. The van der Waals surface area contributed by atoms with Gasteiger partial charge in [0, 0.05) is 25.1 Å². The van der Waals surface area contributed by atoms with E-state index < -0.39 is 0 Å². The van der Waals surface area contributed by atoms with Crippen LogP contribution in [0.3, 0.4) is 0 Å². The van der Waals surface area contributed by atoms with Gasteiger partial charge in [0.15, 0.2) is 0 Å². The highest BCUT2D eigenvalue weighted by Crippen LogP contribution is 2.29. The molecule has 0 amide bonds. The third-order valence-electron chi connectivity index (χ3n) is 4.71. The second-order valence-corrected chi connectivity index (χ2v) is 6.46. The number of hydrazine groups is 1. The number of aromatic nitrogens is 3. The predicted molar refractivity (Wildman–Crippen MR) is 98.6 cm³/mol. The van der Waals surface area contributed by atoms with Crippen LogP contribution < -0.4 is 21.3 Å². The highest BCUT2D eigenvalue weighted by Gasteiger charge is 2.21. The van der Waals surface area contributed by atoms with Gasteiger partial charge in [-0.2, -0.15) is 5.10 Å². The number of rotatable bonds is 5. The summed E-state index contributed by atoms with van der Waals surface area (Å²) in [6.45, 7) is 1.85. The summed E-state index contributed by atoms with van der Waals surface area (Å²) in [5.74, 6) is 0.699. The van der Waals surface area contributed by atoms with E-state index in [1.807, 2.05) is 18.2 Å². The van der Waals surface area contributed by atoms with Crippen molar-refractivity contribution in [1.29, 1.82) is 0 Å². The lowest BCUT2D eigenvalue weighted by molar-refractivity contribution is 0.407. The molecule has 1 aliphatic heterocycles. The molecule has 2 N–H and O–H groups in total. The minimum atomic E-state index is -0.337. The Labute approximate surface area is 155 Å². The van der Waals surface area contributed by atoms with E-state index in [0.29, 0.717) is 17.2 Å². The highest BCUT2D eigenvalue weighted by atomic mass is 19.1. The van der Waals surface area contributed by atoms with Crippen LogP contribution in [0.4, 0.5) is 4.39 Å². The van der Waals surface area contributed by atoms with Crippen LogP contribution >= 0.6 is 0 Å². The van der Waals surface area contributed by atoms with E-state index in [2.05, 4.69) is 16.0 Å². The number of ether oxygens (including phenoxy) is 1. The summed E-state index contributed by atoms with van der Waals surface area (Å²) in [7, 11) is 1.62. The predicted octanol–water partition coefficient (Wildman–Crippen LogP) is 1.42. The van der Waals surface area contributed by atoms with Crippen molar-refractivity contribution in [3.63, 3.8) is 0 Å². The fourth-order valence-corrected chi connectivity index (χ4v) is 3.30. The molecule has 2 heterocycles. The molecule has 0 spiro atoms. The quantitative estimate of drug-likeness (QED) is 0.712. The van der Waals surface area contributed by atoms with Gasteiger partial charge >= 0.3 is 5.69 Å². The van der Waals surface area contributed by atoms with Crippen LogP contribution in [0.25, 0.3) is 5.69 Å². The molecule has 0 atom stereocenters. The van der Waals surface area contributed by atoms with E-state index in [1.54, 1.807) is 19.2 Å². The Balaban J connectivity index is 1.64. The van der Waals surface area contributed by atoms with Crippen LogP contribution in [-0.2, 0) is 6.54 Å². The van der Waals surface area contributed by atoms with Crippen LogP contribution in [-0.4, -0.2) is 34.5 Å². The Morgan fingerprint density at radius 2 is 2.04 bits per heavy atom. The summed E-state index contributed by atoms with van der Waals surface area (Å²) >= 11 is 0. The molecule has 1 fully saturated rings. The average molecular weight is 369 g/mol. The smallest absolute Gasteiger partial charge is 0.350 e. The van der Waals surface area contributed by atoms with Crippen LogP contribution in [0, 0.1) is 5.82 Å². The summed E-state index contributed by atoms with van der Waals surface area (Å²) in [6.07, 6.45) is 1.47. The number of nitrogens with one attached hydrogen (secondary N) is 2. The van der Waals surface area contributed by atoms with Crippen molar-refractivity contribution < 1.29 is 9.13 Å². The first-order valence-electron chi connectivity index (χ1n) is 8.68. The van der Waals surface area contributed by atoms with Gasteiger partial charge in [-0.25, -0.2) is 18.4 Å². The molecule has 2 aromatic carbocycles. The molecule has 1 saturated heterocycles. The zero-order valence-corrected chi connectivity index (χ0v) is 14.9. The lowest BCUT2D eigenvalue weighted by Crippen LogP contribution is -2.24. The summed E-state index contributed by atoms with van der Waals surface area (Å²) in [5, 5.41) is 4.16. The number of hydrogen-bond acceptors (Lipinski definition) is 5. The Kier molecular flexibility index (Phi) is 4.74. The van der Waals surface area contributed by atoms with Crippen molar-refractivity contribution in [2.45, 2.75) is 12.5 Å². The summed E-state index contributed by atoms with van der Waals surface area (Å²) in [6, 6.07) is 11.8. The third kappa shape index (κ3) is 3.49. The number of benzene rings is 2. The lowest BCUT2D eigenvalue weighted by atomic mass is 9.99. The van der Waals surface area contributed by atoms with Gasteiger partial charge in [-0.1, -0.05) is 18.2 Å².